The van der Waals surface area contributed by atoms with Gasteiger partial charge in [0.15, 0.2) is 0 Å². The lowest BCUT2D eigenvalue weighted by atomic mass is 10.2. The van der Waals surface area contributed by atoms with Gasteiger partial charge in [0.2, 0.25) is 6.41 Å². The summed E-state index contributed by atoms with van der Waals surface area (Å²) in [4.78, 5) is 20.9. The van der Waals surface area contributed by atoms with Gasteiger partial charge in [0, 0.05) is 10.6 Å². The normalized spacial score (nSPS) is 9.08. The van der Waals surface area contributed by atoms with Gasteiger partial charge in [-0.25, -0.2) is 0 Å². The molecule has 1 aromatic rings. The summed E-state index contributed by atoms with van der Waals surface area (Å²) in [5, 5.41) is 2.57. The molecule has 0 aliphatic heterocycles. The van der Waals surface area contributed by atoms with Gasteiger partial charge in [-0.3, -0.25) is 14.9 Å². The van der Waals surface area contributed by atoms with E-state index in [2.05, 4.69) is 0 Å². The highest BCUT2D eigenvalue weighted by Gasteiger charge is 2.02. The van der Waals surface area contributed by atoms with E-state index in [0.29, 0.717) is 17.0 Å². The van der Waals surface area contributed by atoms with E-state index in [0.717, 1.165) is 0 Å². The van der Waals surface area contributed by atoms with Gasteiger partial charge in [-0.15, -0.1) is 0 Å². The molecule has 0 unspecified atom stereocenters. The zero-order chi connectivity index (χ0) is 8.97. The minimum absolute atomic E-state index is 0.344. The van der Waals surface area contributed by atoms with Gasteiger partial charge < -0.3 is 0 Å². The summed E-state index contributed by atoms with van der Waals surface area (Å²) >= 11 is 5.59. The van der Waals surface area contributed by atoms with Crippen LogP contribution in [0.2, 0.25) is 5.02 Å². The Bertz CT molecular complexity index is 294. The highest BCUT2D eigenvalue weighted by Crippen LogP contribution is 2.08. The molecule has 1 rings (SSSR count). The van der Waals surface area contributed by atoms with Crippen molar-refractivity contribution in [2.45, 2.75) is 0 Å². The minimum atomic E-state index is -0.429. The fourth-order valence-electron chi connectivity index (χ4n) is 0.738. The standard InChI is InChI=1S/C8H6ClNO2/c9-7-3-1-6(2-4-7)8(12)10-5-11/h1-5H,(H,10,11,12). The molecule has 0 fully saturated rings. The summed E-state index contributed by atoms with van der Waals surface area (Å²) < 4.78 is 0. The van der Waals surface area contributed by atoms with E-state index in [1.807, 2.05) is 5.32 Å². The number of hydrogen-bond donors (Lipinski definition) is 1. The molecule has 2 amide bonds. The fourth-order valence-corrected chi connectivity index (χ4v) is 0.864. The molecule has 0 aromatic heterocycles. The molecule has 62 valence electrons. The van der Waals surface area contributed by atoms with Crippen molar-refractivity contribution >= 4 is 23.9 Å². The number of halogens is 1. The van der Waals surface area contributed by atoms with Crippen molar-refractivity contribution in [3.8, 4) is 0 Å². The van der Waals surface area contributed by atoms with Crippen LogP contribution in [-0.4, -0.2) is 12.3 Å². The zero-order valence-corrected chi connectivity index (χ0v) is 6.84. The van der Waals surface area contributed by atoms with E-state index in [4.69, 9.17) is 11.6 Å². The second-order valence-corrected chi connectivity index (χ2v) is 2.53. The van der Waals surface area contributed by atoms with E-state index >= 15 is 0 Å². The number of carbonyl (C=O) groups is 2. The number of nitrogens with one attached hydrogen (secondary N) is 1. The lowest BCUT2D eigenvalue weighted by molar-refractivity contribution is -0.108. The maximum Gasteiger partial charge on any atom is 0.257 e. The van der Waals surface area contributed by atoms with Crippen LogP contribution in [0.25, 0.3) is 0 Å². The molecular weight excluding hydrogens is 178 g/mol. The second kappa shape index (κ2) is 3.88. The van der Waals surface area contributed by atoms with Crippen LogP contribution in [0.4, 0.5) is 0 Å². The van der Waals surface area contributed by atoms with Gasteiger partial charge in [0.05, 0.1) is 0 Å². The van der Waals surface area contributed by atoms with Crippen molar-refractivity contribution in [3.05, 3.63) is 34.9 Å². The van der Waals surface area contributed by atoms with Gasteiger partial charge in [0.25, 0.3) is 5.91 Å². The van der Waals surface area contributed by atoms with Gasteiger partial charge in [-0.2, -0.15) is 0 Å². The molecule has 0 saturated heterocycles. The van der Waals surface area contributed by atoms with Gasteiger partial charge in [-0.05, 0) is 24.3 Å². The molecular formula is C8H6ClNO2. The first-order valence-electron chi connectivity index (χ1n) is 3.24. The van der Waals surface area contributed by atoms with Crippen molar-refractivity contribution in [2.75, 3.05) is 0 Å². The van der Waals surface area contributed by atoms with Gasteiger partial charge in [-0.1, -0.05) is 11.6 Å². The van der Waals surface area contributed by atoms with Crippen LogP contribution in [0.3, 0.4) is 0 Å². The summed E-state index contributed by atoms with van der Waals surface area (Å²) in [7, 11) is 0. The molecule has 1 N–H and O–H groups in total. The highest BCUT2D eigenvalue weighted by molar-refractivity contribution is 6.30. The van der Waals surface area contributed by atoms with E-state index in [9.17, 15) is 9.59 Å². The van der Waals surface area contributed by atoms with Crippen molar-refractivity contribution in [3.63, 3.8) is 0 Å². The summed E-state index contributed by atoms with van der Waals surface area (Å²) in [6.07, 6.45) is 0.344. The van der Waals surface area contributed by atoms with Crippen LogP contribution < -0.4 is 5.32 Å². The largest absolute Gasteiger partial charge is 0.295 e. The average molecular weight is 184 g/mol. The smallest absolute Gasteiger partial charge is 0.257 e. The molecule has 0 saturated carbocycles. The van der Waals surface area contributed by atoms with Crippen molar-refractivity contribution < 1.29 is 9.59 Å². The lowest BCUT2D eigenvalue weighted by Crippen LogP contribution is -2.20. The van der Waals surface area contributed by atoms with Crippen LogP contribution in [0.5, 0.6) is 0 Å². The van der Waals surface area contributed by atoms with Crippen molar-refractivity contribution in [2.24, 2.45) is 0 Å². The van der Waals surface area contributed by atoms with E-state index < -0.39 is 5.91 Å². The maximum atomic E-state index is 11.0. The molecule has 0 radical (unpaired) electrons. The second-order valence-electron chi connectivity index (χ2n) is 2.10. The Morgan fingerprint density at radius 3 is 2.42 bits per heavy atom. The highest BCUT2D eigenvalue weighted by atomic mass is 35.5. The number of carbonyl (C=O) groups excluding carboxylic acids is 2. The Balaban J connectivity index is 2.82. The Morgan fingerprint density at radius 1 is 1.33 bits per heavy atom. The summed E-state index contributed by atoms with van der Waals surface area (Å²) in [5.74, 6) is -0.429. The van der Waals surface area contributed by atoms with Crippen molar-refractivity contribution in [1.29, 1.82) is 0 Å². The van der Waals surface area contributed by atoms with Crippen LogP contribution >= 0.6 is 11.6 Å². The number of rotatable bonds is 2. The van der Waals surface area contributed by atoms with Crippen molar-refractivity contribution in [1.82, 2.24) is 5.32 Å². The molecule has 0 bridgehead atoms. The first-order valence-corrected chi connectivity index (χ1v) is 3.62. The van der Waals surface area contributed by atoms with E-state index in [-0.39, 0.29) is 0 Å². The molecule has 0 atom stereocenters. The molecule has 0 aliphatic rings. The average Bonchev–Trinajstić information content (AvgIpc) is 2.06. The number of hydrogen-bond acceptors (Lipinski definition) is 2. The predicted molar refractivity (Wildman–Crippen MR) is 45.0 cm³/mol. The summed E-state index contributed by atoms with van der Waals surface area (Å²) in [6, 6.07) is 6.25. The molecule has 0 heterocycles. The zero-order valence-electron chi connectivity index (χ0n) is 6.08. The molecule has 4 heteroatoms. The lowest BCUT2D eigenvalue weighted by Gasteiger charge is -1.96. The Morgan fingerprint density at radius 2 is 1.92 bits per heavy atom. The maximum absolute atomic E-state index is 11.0. The summed E-state index contributed by atoms with van der Waals surface area (Å²) in [5.41, 5.74) is 0.409. The van der Waals surface area contributed by atoms with Crippen LogP contribution in [0, 0.1) is 0 Å². The van der Waals surface area contributed by atoms with Crippen LogP contribution in [-0.2, 0) is 4.79 Å². The third kappa shape index (κ3) is 2.07. The third-order valence-corrected chi connectivity index (χ3v) is 1.55. The monoisotopic (exact) mass is 183 g/mol. The fraction of sp³-hybridized carbons (Fsp3) is 0. The number of benzene rings is 1. The minimum Gasteiger partial charge on any atom is -0.295 e. The Hall–Kier alpha value is -1.35. The number of imide groups is 1. The predicted octanol–water partition coefficient (Wildman–Crippen LogP) is 1.23. The molecule has 0 aliphatic carbocycles. The Kier molecular flexibility index (Phi) is 2.82. The van der Waals surface area contributed by atoms with E-state index in [1.54, 1.807) is 24.3 Å². The molecule has 0 spiro atoms. The van der Waals surface area contributed by atoms with E-state index in [1.165, 1.54) is 0 Å². The summed E-state index contributed by atoms with van der Waals surface area (Å²) in [6.45, 7) is 0. The first-order chi connectivity index (χ1) is 5.74. The molecule has 3 nitrogen and oxygen atoms in total. The van der Waals surface area contributed by atoms with Crippen LogP contribution in [0.15, 0.2) is 24.3 Å². The quantitative estimate of drug-likeness (QED) is 0.701. The van der Waals surface area contributed by atoms with Gasteiger partial charge in [0.1, 0.15) is 0 Å². The first kappa shape index (κ1) is 8.74. The molecule has 1 aromatic carbocycles. The van der Waals surface area contributed by atoms with Gasteiger partial charge >= 0.3 is 0 Å². The SMILES string of the molecule is O=CNC(=O)c1ccc(Cl)cc1. The Labute approximate surface area is 74.3 Å². The molecule has 12 heavy (non-hydrogen) atoms. The topological polar surface area (TPSA) is 46.2 Å². The number of amides is 2. The third-order valence-electron chi connectivity index (χ3n) is 1.30. The van der Waals surface area contributed by atoms with Crippen LogP contribution in [0.1, 0.15) is 10.4 Å².